The van der Waals surface area contributed by atoms with Crippen LogP contribution < -0.4 is 11.2 Å². The zero-order valence-electron chi connectivity index (χ0n) is 17.8. The van der Waals surface area contributed by atoms with Gasteiger partial charge in [0.05, 0.1) is 6.61 Å². The Kier molecular flexibility index (Phi) is 9.02. The predicted molar refractivity (Wildman–Crippen MR) is 108 cm³/mol. The SMILES string of the molecule is O=c1ccn([C@@H]2O[C@H](COP(=O)(O)OP(=O)(O)OC3OC(CF)C(O)C(O)C3O)[C@@H](O)[C@H]2O)c(=O)[nH]1. The monoisotopic (exact) mass is 568 g/mol. The highest BCUT2D eigenvalue weighted by molar-refractivity contribution is 7.61. The second kappa shape index (κ2) is 11.1. The number of aromatic nitrogens is 2. The lowest BCUT2D eigenvalue weighted by Gasteiger charge is -2.39. The van der Waals surface area contributed by atoms with Crippen LogP contribution in [0.4, 0.5) is 4.39 Å². The number of hydrogen-bond acceptors (Lipinski definition) is 14. The maximum absolute atomic E-state index is 12.9. The summed E-state index contributed by atoms with van der Waals surface area (Å²) < 4.78 is 60.7. The third-order valence-corrected chi connectivity index (χ3v) is 7.73. The van der Waals surface area contributed by atoms with Crippen LogP contribution in [0.3, 0.4) is 0 Å². The number of ether oxygens (including phenoxy) is 2. The van der Waals surface area contributed by atoms with Gasteiger partial charge >= 0.3 is 21.3 Å². The molecule has 0 saturated carbocycles. The van der Waals surface area contributed by atoms with Crippen molar-refractivity contribution in [3.63, 3.8) is 0 Å². The molecular formula is C15H23FN2O16P2. The van der Waals surface area contributed by atoms with E-state index >= 15 is 0 Å². The zero-order valence-corrected chi connectivity index (χ0v) is 19.6. The van der Waals surface area contributed by atoms with Crippen LogP contribution in [0.25, 0.3) is 0 Å². The number of nitrogens with one attached hydrogen (secondary N) is 1. The van der Waals surface area contributed by atoms with Gasteiger partial charge in [-0.25, -0.2) is 18.3 Å². The van der Waals surface area contributed by atoms with Gasteiger partial charge in [0.1, 0.15) is 49.4 Å². The third kappa shape index (κ3) is 6.53. The summed E-state index contributed by atoms with van der Waals surface area (Å²) in [5, 5.41) is 49.3. The molecule has 21 heteroatoms. The highest BCUT2D eigenvalue weighted by Crippen LogP contribution is 2.61. The molecule has 3 rings (SSSR count). The number of aromatic amines is 1. The molecule has 0 bridgehead atoms. The van der Waals surface area contributed by atoms with Crippen LogP contribution in [0.15, 0.2) is 21.9 Å². The van der Waals surface area contributed by atoms with Crippen molar-refractivity contribution < 1.29 is 71.7 Å². The van der Waals surface area contributed by atoms with Crippen LogP contribution in [0.5, 0.6) is 0 Å². The molecule has 11 atom stereocenters. The molecular weight excluding hydrogens is 545 g/mol. The molecule has 0 spiro atoms. The summed E-state index contributed by atoms with van der Waals surface area (Å²) in [6.07, 6.45) is -16.0. The van der Waals surface area contributed by atoms with E-state index in [-0.39, 0.29) is 0 Å². The molecule has 8 N–H and O–H groups in total. The van der Waals surface area contributed by atoms with Crippen molar-refractivity contribution in [1.82, 2.24) is 9.55 Å². The third-order valence-electron chi connectivity index (χ3n) is 5.13. The van der Waals surface area contributed by atoms with Crippen LogP contribution in [0.2, 0.25) is 0 Å². The van der Waals surface area contributed by atoms with Gasteiger partial charge in [-0.1, -0.05) is 0 Å². The van der Waals surface area contributed by atoms with E-state index < -0.39 is 95.4 Å². The largest absolute Gasteiger partial charge is 0.483 e. The molecule has 2 aliphatic heterocycles. The smallest absolute Gasteiger partial charge is 0.387 e. The highest BCUT2D eigenvalue weighted by atomic mass is 31.3. The Balaban J connectivity index is 1.61. The molecule has 2 fully saturated rings. The molecule has 0 aliphatic carbocycles. The summed E-state index contributed by atoms with van der Waals surface area (Å²) in [6, 6.07) is 0.921. The Morgan fingerprint density at radius 3 is 2.19 bits per heavy atom. The first-order chi connectivity index (χ1) is 16.7. The number of phosphoric ester groups is 2. The molecule has 36 heavy (non-hydrogen) atoms. The fraction of sp³-hybridized carbons (Fsp3) is 0.733. The van der Waals surface area contributed by atoms with Gasteiger partial charge in [-0.2, -0.15) is 4.31 Å². The molecule has 0 radical (unpaired) electrons. The first-order valence-electron chi connectivity index (χ1n) is 9.94. The van der Waals surface area contributed by atoms with Gasteiger partial charge in [0.2, 0.25) is 0 Å². The minimum absolute atomic E-state index is 0.714. The van der Waals surface area contributed by atoms with E-state index in [4.69, 9.17) is 9.47 Å². The average molecular weight is 568 g/mol. The molecule has 1 aromatic heterocycles. The van der Waals surface area contributed by atoms with E-state index in [2.05, 4.69) is 13.4 Å². The van der Waals surface area contributed by atoms with E-state index in [1.54, 1.807) is 0 Å². The van der Waals surface area contributed by atoms with Crippen molar-refractivity contribution in [2.24, 2.45) is 0 Å². The summed E-state index contributed by atoms with van der Waals surface area (Å²) in [5.41, 5.74) is -1.76. The topological polar surface area (TPSA) is 277 Å². The molecule has 2 aliphatic rings. The predicted octanol–water partition coefficient (Wildman–Crippen LogP) is -3.82. The van der Waals surface area contributed by atoms with Gasteiger partial charge in [-0.3, -0.25) is 23.4 Å². The quantitative estimate of drug-likeness (QED) is 0.133. The standard InChI is InChI=1S/C15H23FN2O16P2/c16-3-5-8(20)10(22)12(24)14(32-5)33-36(28,29)34-35(26,27)30-4-6-9(21)11(23)13(31-6)18-2-1-7(19)17-15(18)25/h1-2,5-6,8-14,20-24H,3-4H2,(H,26,27)(H,28,29)(H,17,19,25)/t5?,6-,8?,9-,10?,11-,12?,13-,14?/m1/s1. The summed E-state index contributed by atoms with van der Waals surface area (Å²) in [4.78, 5) is 44.4. The summed E-state index contributed by atoms with van der Waals surface area (Å²) in [6.45, 7) is -2.44. The van der Waals surface area contributed by atoms with Gasteiger partial charge < -0.3 is 44.8 Å². The van der Waals surface area contributed by atoms with Crippen LogP contribution in [0.1, 0.15) is 6.23 Å². The number of alkyl halides is 1. The van der Waals surface area contributed by atoms with Crippen LogP contribution in [-0.4, -0.2) is 107 Å². The van der Waals surface area contributed by atoms with E-state index in [0.717, 1.165) is 12.3 Å². The number of halogens is 1. The molecule has 206 valence electrons. The van der Waals surface area contributed by atoms with Crippen LogP contribution in [-0.2, 0) is 32.0 Å². The van der Waals surface area contributed by atoms with Crippen molar-refractivity contribution in [2.75, 3.05) is 13.3 Å². The van der Waals surface area contributed by atoms with Crippen molar-refractivity contribution in [3.8, 4) is 0 Å². The van der Waals surface area contributed by atoms with Gasteiger partial charge in [0, 0.05) is 12.3 Å². The number of aliphatic hydroxyl groups is 5. The Bertz CT molecular complexity index is 1130. The summed E-state index contributed by atoms with van der Waals surface area (Å²) >= 11 is 0. The van der Waals surface area contributed by atoms with Crippen molar-refractivity contribution >= 4 is 15.6 Å². The average Bonchev–Trinajstić information content (AvgIpc) is 3.06. The summed E-state index contributed by atoms with van der Waals surface area (Å²) in [7, 11) is -11.1. The molecule has 2 saturated heterocycles. The van der Waals surface area contributed by atoms with Crippen molar-refractivity contribution in [1.29, 1.82) is 0 Å². The molecule has 18 nitrogen and oxygen atoms in total. The van der Waals surface area contributed by atoms with Gasteiger partial charge in [-0.05, 0) is 0 Å². The van der Waals surface area contributed by atoms with Crippen molar-refractivity contribution in [3.05, 3.63) is 33.1 Å². The number of H-pyrrole nitrogens is 1. The molecule has 1 aromatic rings. The maximum Gasteiger partial charge on any atom is 0.483 e. The Labute approximate surface area is 199 Å². The normalized spacial score (nSPS) is 38.4. The molecule has 0 amide bonds. The fourth-order valence-corrected chi connectivity index (χ4v) is 5.49. The van der Waals surface area contributed by atoms with Gasteiger partial charge in [0.15, 0.2) is 12.5 Å². The molecule has 0 aromatic carbocycles. The number of nitrogens with zero attached hydrogens (tertiary/aromatic N) is 1. The molecule has 3 heterocycles. The van der Waals surface area contributed by atoms with E-state index in [0.29, 0.717) is 4.57 Å². The second-order valence-electron chi connectivity index (χ2n) is 7.65. The number of rotatable bonds is 9. The maximum atomic E-state index is 12.9. The van der Waals surface area contributed by atoms with Gasteiger partial charge in [0.25, 0.3) is 5.56 Å². The first kappa shape index (κ1) is 29.2. The van der Waals surface area contributed by atoms with E-state index in [9.17, 15) is 58.4 Å². The minimum Gasteiger partial charge on any atom is -0.387 e. The fourth-order valence-electron chi connectivity index (χ4n) is 3.33. The lowest BCUT2D eigenvalue weighted by atomic mass is 10.00. The van der Waals surface area contributed by atoms with Crippen LogP contribution >= 0.6 is 15.6 Å². The number of hydrogen-bond donors (Lipinski definition) is 8. The lowest BCUT2D eigenvalue weighted by molar-refractivity contribution is -0.277. The van der Waals surface area contributed by atoms with Gasteiger partial charge in [-0.15, -0.1) is 0 Å². The Morgan fingerprint density at radius 2 is 1.58 bits per heavy atom. The highest BCUT2D eigenvalue weighted by Gasteiger charge is 2.49. The van der Waals surface area contributed by atoms with E-state index in [1.807, 2.05) is 4.98 Å². The summed E-state index contributed by atoms with van der Waals surface area (Å²) in [5.74, 6) is 0. The Hall–Kier alpha value is -1.41. The van der Waals surface area contributed by atoms with Crippen LogP contribution in [0, 0.1) is 0 Å². The van der Waals surface area contributed by atoms with E-state index in [1.165, 1.54) is 0 Å². The minimum atomic E-state index is -5.63. The van der Waals surface area contributed by atoms with Crippen molar-refractivity contribution in [2.45, 2.75) is 55.2 Å². The second-order valence-corrected chi connectivity index (χ2v) is 10.6. The molecule has 7 unspecified atom stereocenters. The number of phosphoric acid groups is 2. The lowest BCUT2D eigenvalue weighted by Crippen LogP contribution is -2.58. The zero-order chi connectivity index (χ0) is 27.0. The Morgan fingerprint density at radius 1 is 0.944 bits per heavy atom. The first-order valence-corrected chi connectivity index (χ1v) is 12.9. The number of aliphatic hydroxyl groups excluding tert-OH is 5.